The lowest BCUT2D eigenvalue weighted by molar-refractivity contribution is 0.0913. The van der Waals surface area contributed by atoms with E-state index in [-0.39, 0.29) is 11.7 Å². The molecule has 1 aliphatic heterocycles. The van der Waals surface area contributed by atoms with Crippen molar-refractivity contribution in [3.8, 4) is 5.75 Å². The predicted octanol–water partition coefficient (Wildman–Crippen LogP) is 2.50. The van der Waals surface area contributed by atoms with Crippen LogP contribution in [0.5, 0.6) is 5.75 Å². The molecule has 33 heavy (non-hydrogen) atoms. The van der Waals surface area contributed by atoms with Crippen LogP contribution in [0.3, 0.4) is 0 Å². The second kappa shape index (κ2) is 9.55. The average Bonchev–Trinajstić information content (AvgIpc) is 3.59. The van der Waals surface area contributed by atoms with E-state index < -0.39 is 0 Å². The van der Waals surface area contributed by atoms with E-state index in [0.717, 1.165) is 47.7 Å². The van der Waals surface area contributed by atoms with Crippen molar-refractivity contribution < 1.29 is 13.9 Å². The fourth-order valence-corrected chi connectivity index (χ4v) is 4.17. The van der Waals surface area contributed by atoms with Crippen LogP contribution in [0.25, 0.3) is 10.9 Å². The van der Waals surface area contributed by atoms with Gasteiger partial charge in [-0.3, -0.25) is 9.69 Å². The minimum absolute atomic E-state index is 0.129. The lowest BCUT2D eigenvalue weighted by atomic mass is 10.1. The fourth-order valence-electron chi connectivity index (χ4n) is 4.17. The van der Waals surface area contributed by atoms with E-state index in [2.05, 4.69) is 25.4 Å². The maximum atomic E-state index is 12.8. The Kier molecular flexibility index (Phi) is 6.18. The molecule has 10 heteroatoms. The summed E-state index contributed by atoms with van der Waals surface area (Å²) in [6.07, 6.45) is 3.83. The highest BCUT2D eigenvalue weighted by molar-refractivity contribution is 5.80. The van der Waals surface area contributed by atoms with E-state index in [0.29, 0.717) is 31.7 Å². The molecule has 0 spiro atoms. The molecule has 0 saturated carbocycles. The number of methoxy groups -OCH3 is 1. The zero-order valence-corrected chi connectivity index (χ0v) is 18.4. The van der Waals surface area contributed by atoms with Crippen LogP contribution in [0.1, 0.15) is 30.0 Å². The van der Waals surface area contributed by atoms with Gasteiger partial charge in [-0.25, -0.2) is 4.68 Å². The number of rotatable bonds is 9. The van der Waals surface area contributed by atoms with Gasteiger partial charge in [0.05, 0.1) is 39.1 Å². The van der Waals surface area contributed by atoms with Gasteiger partial charge in [0.25, 0.3) is 5.56 Å². The molecule has 4 heterocycles. The Morgan fingerprint density at radius 1 is 1.24 bits per heavy atom. The number of nitrogens with one attached hydrogen (secondary N) is 1. The van der Waals surface area contributed by atoms with Gasteiger partial charge in [-0.2, -0.15) is 0 Å². The van der Waals surface area contributed by atoms with Crippen LogP contribution in [0, 0.1) is 0 Å². The first-order chi connectivity index (χ1) is 16.2. The van der Waals surface area contributed by atoms with Crippen molar-refractivity contribution in [2.24, 2.45) is 0 Å². The minimum Gasteiger partial charge on any atom is -0.497 e. The second-order valence-corrected chi connectivity index (χ2v) is 8.21. The molecule has 0 aliphatic carbocycles. The minimum atomic E-state index is -0.129. The van der Waals surface area contributed by atoms with Crippen molar-refractivity contribution in [1.29, 1.82) is 0 Å². The molecule has 4 aromatic rings. The molecule has 0 bridgehead atoms. The third-order valence-electron chi connectivity index (χ3n) is 5.85. The van der Waals surface area contributed by atoms with Gasteiger partial charge >= 0.3 is 0 Å². The molecule has 0 radical (unpaired) electrons. The molecule has 1 N–H and O–H groups in total. The van der Waals surface area contributed by atoms with E-state index in [9.17, 15) is 4.79 Å². The number of furan rings is 1. The lowest BCUT2D eigenvalue weighted by Crippen LogP contribution is -2.28. The Morgan fingerprint density at radius 3 is 2.97 bits per heavy atom. The number of aromatic nitrogens is 5. The quantitative estimate of drug-likeness (QED) is 0.414. The van der Waals surface area contributed by atoms with Crippen LogP contribution in [0.2, 0.25) is 0 Å². The van der Waals surface area contributed by atoms with Crippen molar-refractivity contribution in [2.75, 3.05) is 13.7 Å². The second-order valence-electron chi connectivity index (χ2n) is 8.21. The first-order valence-electron chi connectivity index (χ1n) is 11.0. The van der Waals surface area contributed by atoms with Crippen LogP contribution in [-0.4, -0.2) is 49.9 Å². The molecule has 0 amide bonds. The van der Waals surface area contributed by atoms with Gasteiger partial charge in [0, 0.05) is 29.6 Å². The van der Waals surface area contributed by atoms with Crippen molar-refractivity contribution in [3.05, 3.63) is 70.2 Å². The molecular formula is C23H26N6O4. The summed E-state index contributed by atoms with van der Waals surface area (Å²) < 4.78 is 18.4. The summed E-state index contributed by atoms with van der Waals surface area (Å²) in [7, 11) is 1.62. The van der Waals surface area contributed by atoms with Gasteiger partial charge < -0.3 is 18.9 Å². The highest BCUT2D eigenvalue weighted by Gasteiger charge is 2.21. The van der Waals surface area contributed by atoms with E-state index in [1.54, 1.807) is 18.1 Å². The highest BCUT2D eigenvalue weighted by Crippen LogP contribution is 2.20. The lowest BCUT2D eigenvalue weighted by Gasteiger charge is -2.21. The average molecular weight is 450 g/mol. The summed E-state index contributed by atoms with van der Waals surface area (Å²) in [4.78, 5) is 17.9. The predicted molar refractivity (Wildman–Crippen MR) is 120 cm³/mol. The van der Waals surface area contributed by atoms with Crippen LogP contribution >= 0.6 is 0 Å². The summed E-state index contributed by atoms with van der Waals surface area (Å²) in [5, 5.41) is 13.2. The molecule has 0 unspecified atom stereocenters. The zero-order chi connectivity index (χ0) is 22.6. The third-order valence-corrected chi connectivity index (χ3v) is 5.85. The van der Waals surface area contributed by atoms with Crippen LogP contribution in [-0.2, 0) is 30.9 Å². The molecule has 1 aliphatic rings. The van der Waals surface area contributed by atoms with E-state index in [1.165, 1.54) is 0 Å². The smallest absolute Gasteiger partial charge is 0.252 e. The van der Waals surface area contributed by atoms with Crippen LogP contribution in [0.15, 0.2) is 51.9 Å². The van der Waals surface area contributed by atoms with E-state index in [1.807, 2.05) is 36.4 Å². The summed E-state index contributed by atoms with van der Waals surface area (Å²) >= 11 is 0. The summed E-state index contributed by atoms with van der Waals surface area (Å²) in [6, 6.07) is 11.3. The van der Waals surface area contributed by atoms with Crippen LogP contribution < -0.4 is 10.3 Å². The largest absolute Gasteiger partial charge is 0.497 e. The first-order valence-corrected chi connectivity index (χ1v) is 11.0. The molecule has 5 rings (SSSR count). The van der Waals surface area contributed by atoms with Gasteiger partial charge in [0.15, 0.2) is 5.82 Å². The van der Waals surface area contributed by atoms with Crippen molar-refractivity contribution in [3.63, 3.8) is 0 Å². The molecular weight excluding hydrogens is 424 g/mol. The monoisotopic (exact) mass is 450 g/mol. The Bertz CT molecular complexity index is 1260. The number of pyridine rings is 1. The molecule has 1 fully saturated rings. The molecule has 3 aromatic heterocycles. The number of hydrogen-bond acceptors (Lipinski definition) is 8. The summed E-state index contributed by atoms with van der Waals surface area (Å²) in [5.74, 6) is 2.25. The Hall–Kier alpha value is -3.50. The Morgan fingerprint density at radius 2 is 2.18 bits per heavy atom. The molecule has 10 nitrogen and oxygen atoms in total. The van der Waals surface area contributed by atoms with Gasteiger partial charge in [0.2, 0.25) is 0 Å². The number of hydrogen-bond donors (Lipinski definition) is 1. The van der Waals surface area contributed by atoms with Crippen molar-refractivity contribution >= 4 is 10.9 Å². The topological polar surface area (TPSA) is 111 Å². The maximum Gasteiger partial charge on any atom is 0.252 e. The SMILES string of the molecule is COc1ccc2[nH]c(=O)c(CN(Cc3ccco3)Cc3nnnn3C[C@@H]3CCCO3)cc2c1. The van der Waals surface area contributed by atoms with Gasteiger partial charge in [-0.1, -0.05) is 0 Å². The summed E-state index contributed by atoms with van der Waals surface area (Å²) in [6.45, 7) is 2.76. The third kappa shape index (κ3) is 4.96. The van der Waals surface area contributed by atoms with Gasteiger partial charge in [0.1, 0.15) is 11.5 Å². The first kappa shape index (κ1) is 21.4. The number of H-pyrrole nitrogens is 1. The van der Waals surface area contributed by atoms with Crippen molar-refractivity contribution in [2.45, 2.75) is 45.1 Å². The number of tetrazole rings is 1. The maximum absolute atomic E-state index is 12.8. The Balaban J connectivity index is 1.41. The van der Waals surface area contributed by atoms with Crippen molar-refractivity contribution in [1.82, 2.24) is 30.1 Å². The molecule has 172 valence electrons. The van der Waals surface area contributed by atoms with Crippen LogP contribution in [0.4, 0.5) is 0 Å². The fraction of sp³-hybridized carbons (Fsp3) is 0.391. The zero-order valence-electron chi connectivity index (χ0n) is 18.4. The number of benzene rings is 1. The normalized spacial score (nSPS) is 16.1. The standard InChI is InChI=1S/C23H26N6O4/c1-31-18-6-7-21-16(11-18)10-17(23(30)24-21)12-28(13-19-4-2-8-32-19)15-22-25-26-27-29(22)14-20-5-3-9-33-20/h2,4,6-8,10-11,20H,3,5,9,12-15H2,1H3,(H,24,30)/t20-/m0/s1. The number of nitrogens with zero attached hydrogens (tertiary/aromatic N) is 5. The van der Waals surface area contributed by atoms with Gasteiger partial charge in [-0.05, 0) is 59.7 Å². The number of aromatic amines is 1. The molecule has 1 atom stereocenters. The number of fused-ring (bicyclic) bond motifs is 1. The number of ether oxygens (including phenoxy) is 2. The summed E-state index contributed by atoms with van der Waals surface area (Å²) in [5.41, 5.74) is 1.28. The van der Waals surface area contributed by atoms with Gasteiger partial charge in [-0.15, -0.1) is 5.10 Å². The molecule has 1 aromatic carbocycles. The highest BCUT2D eigenvalue weighted by atomic mass is 16.5. The Labute approximate surface area is 190 Å². The van der Waals surface area contributed by atoms with E-state index >= 15 is 0 Å². The van der Waals surface area contributed by atoms with E-state index in [4.69, 9.17) is 13.9 Å². The molecule has 1 saturated heterocycles.